The Balaban J connectivity index is 3.70. The van der Waals surface area contributed by atoms with Crippen LogP contribution in [0.15, 0.2) is 0 Å². The van der Waals surface area contributed by atoms with Gasteiger partial charge in [-0.15, -0.1) is 0 Å². The van der Waals surface area contributed by atoms with Crippen molar-refractivity contribution in [3.63, 3.8) is 0 Å². The van der Waals surface area contributed by atoms with Gasteiger partial charge in [0.1, 0.15) is 5.78 Å². The SMILES string of the molecule is CCCC(NCCC(=O)OCC)C(C)=O. The molecule has 0 rings (SSSR count). The van der Waals surface area contributed by atoms with Crippen molar-refractivity contribution in [1.82, 2.24) is 5.32 Å². The number of Topliss-reactive ketones (excluding diaryl/α,β-unsaturated/α-hetero) is 1. The number of hydrogen-bond donors (Lipinski definition) is 1. The van der Waals surface area contributed by atoms with E-state index in [9.17, 15) is 9.59 Å². The molecule has 0 amide bonds. The zero-order valence-corrected chi connectivity index (χ0v) is 9.84. The zero-order chi connectivity index (χ0) is 11.7. The molecule has 0 aromatic carbocycles. The molecule has 88 valence electrons. The van der Waals surface area contributed by atoms with Crippen molar-refractivity contribution in [3.05, 3.63) is 0 Å². The molecule has 0 saturated heterocycles. The Bertz CT molecular complexity index is 204. The Labute approximate surface area is 91.4 Å². The molecule has 0 heterocycles. The van der Waals surface area contributed by atoms with Gasteiger partial charge in [-0.2, -0.15) is 0 Å². The number of hydrogen-bond acceptors (Lipinski definition) is 4. The van der Waals surface area contributed by atoms with Gasteiger partial charge in [-0.05, 0) is 20.3 Å². The molecule has 0 spiro atoms. The van der Waals surface area contributed by atoms with Crippen LogP contribution in [-0.4, -0.2) is 30.9 Å². The highest BCUT2D eigenvalue weighted by Gasteiger charge is 2.12. The van der Waals surface area contributed by atoms with E-state index in [-0.39, 0.29) is 17.8 Å². The molecule has 0 aliphatic rings. The molecule has 1 N–H and O–H groups in total. The van der Waals surface area contributed by atoms with Crippen molar-refractivity contribution in [2.45, 2.75) is 46.1 Å². The third-order valence-electron chi connectivity index (χ3n) is 2.09. The maximum absolute atomic E-state index is 11.2. The first-order valence-corrected chi connectivity index (χ1v) is 5.51. The number of esters is 1. The Morgan fingerprint density at radius 1 is 1.33 bits per heavy atom. The number of ether oxygens (including phenoxy) is 1. The van der Waals surface area contributed by atoms with E-state index >= 15 is 0 Å². The van der Waals surface area contributed by atoms with Crippen molar-refractivity contribution >= 4 is 11.8 Å². The standard InChI is InChI=1S/C11H21NO3/c1-4-6-10(9(3)13)12-8-7-11(14)15-5-2/h10,12H,4-8H2,1-3H3. The minimum absolute atomic E-state index is 0.121. The van der Waals surface area contributed by atoms with Gasteiger partial charge in [-0.3, -0.25) is 9.59 Å². The van der Waals surface area contributed by atoms with Gasteiger partial charge in [0, 0.05) is 6.54 Å². The fourth-order valence-electron chi connectivity index (χ4n) is 1.32. The monoisotopic (exact) mass is 215 g/mol. The van der Waals surface area contributed by atoms with Gasteiger partial charge in [-0.25, -0.2) is 0 Å². The molecule has 4 heteroatoms. The molecule has 1 unspecified atom stereocenters. The highest BCUT2D eigenvalue weighted by molar-refractivity contribution is 5.81. The van der Waals surface area contributed by atoms with Crippen molar-refractivity contribution in [1.29, 1.82) is 0 Å². The summed E-state index contributed by atoms with van der Waals surface area (Å²) in [5, 5.41) is 3.06. The van der Waals surface area contributed by atoms with E-state index in [0.29, 0.717) is 19.6 Å². The van der Waals surface area contributed by atoms with E-state index in [1.807, 2.05) is 6.92 Å². The number of carbonyl (C=O) groups excluding carboxylic acids is 2. The van der Waals surface area contributed by atoms with Crippen molar-refractivity contribution in [3.8, 4) is 0 Å². The van der Waals surface area contributed by atoms with Gasteiger partial charge in [-0.1, -0.05) is 13.3 Å². The van der Waals surface area contributed by atoms with Gasteiger partial charge < -0.3 is 10.1 Å². The van der Waals surface area contributed by atoms with Crippen molar-refractivity contribution < 1.29 is 14.3 Å². The van der Waals surface area contributed by atoms with Crippen LogP contribution in [0.1, 0.15) is 40.0 Å². The first-order valence-electron chi connectivity index (χ1n) is 5.51. The average molecular weight is 215 g/mol. The van der Waals surface area contributed by atoms with Crippen molar-refractivity contribution in [2.75, 3.05) is 13.2 Å². The summed E-state index contributed by atoms with van der Waals surface area (Å²) >= 11 is 0. The molecule has 0 fully saturated rings. The van der Waals surface area contributed by atoms with Gasteiger partial charge in [0.2, 0.25) is 0 Å². The molecule has 15 heavy (non-hydrogen) atoms. The lowest BCUT2D eigenvalue weighted by Crippen LogP contribution is -2.36. The van der Waals surface area contributed by atoms with E-state index in [2.05, 4.69) is 5.32 Å². The van der Waals surface area contributed by atoms with E-state index < -0.39 is 0 Å². The Kier molecular flexibility index (Phi) is 7.91. The maximum Gasteiger partial charge on any atom is 0.307 e. The zero-order valence-electron chi connectivity index (χ0n) is 9.84. The summed E-state index contributed by atoms with van der Waals surface area (Å²) in [5.41, 5.74) is 0. The largest absolute Gasteiger partial charge is 0.466 e. The van der Waals surface area contributed by atoms with Crippen LogP contribution in [-0.2, 0) is 14.3 Å². The number of carbonyl (C=O) groups is 2. The molecular formula is C11H21NO3. The molecule has 0 saturated carbocycles. The summed E-state index contributed by atoms with van der Waals surface area (Å²) in [6, 6.07) is -0.121. The highest BCUT2D eigenvalue weighted by atomic mass is 16.5. The highest BCUT2D eigenvalue weighted by Crippen LogP contribution is 1.98. The molecule has 0 aliphatic heterocycles. The molecule has 1 atom stereocenters. The van der Waals surface area contributed by atoms with Crippen LogP contribution < -0.4 is 5.32 Å². The summed E-state index contributed by atoms with van der Waals surface area (Å²) in [5.74, 6) is -0.0930. The predicted octanol–water partition coefficient (Wildman–Crippen LogP) is 1.29. The predicted molar refractivity (Wildman–Crippen MR) is 58.6 cm³/mol. The molecule has 0 aliphatic carbocycles. The Hall–Kier alpha value is -0.900. The Morgan fingerprint density at radius 3 is 2.47 bits per heavy atom. The van der Waals surface area contributed by atoms with Gasteiger partial charge in [0.15, 0.2) is 0 Å². The van der Waals surface area contributed by atoms with Crippen LogP contribution in [0.4, 0.5) is 0 Å². The second kappa shape index (κ2) is 8.41. The van der Waals surface area contributed by atoms with Crippen LogP contribution >= 0.6 is 0 Å². The van der Waals surface area contributed by atoms with Crippen LogP contribution in [0.25, 0.3) is 0 Å². The average Bonchev–Trinajstić information content (AvgIpc) is 2.16. The summed E-state index contributed by atoms with van der Waals surface area (Å²) in [6.07, 6.45) is 2.09. The maximum atomic E-state index is 11.2. The van der Waals surface area contributed by atoms with Crippen LogP contribution in [0.5, 0.6) is 0 Å². The lowest BCUT2D eigenvalue weighted by Gasteiger charge is -2.14. The van der Waals surface area contributed by atoms with Gasteiger partial charge >= 0.3 is 5.97 Å². The van der Waals surface area contributed by atoms with E-state index in [1.165, 1.54) is 0 Å². The minimum atomic E-state index is -0.219. The quantitative estimate of drug-likeness (QED) is 0.620. The van der Waals surface area contributed by atoms with E-state index in [0.717, 1.165) is 12.8 Å². The first kappa shape index (κ1) is 14.1. The Morgan fingerprint density at radius 2 is 2.00 bits per heavy atom. The second-order valence-electron chi connectivity index (χ2n) is 3.46. The third kappa shape index (κ3) is 7.08. The van der Waals surface area contributed by atoms with Crippen molar-refractivity contribution in [2.24, 2.45) is 0 Å². The molecule has 0 bridgehead atoms. The normalized spacial score (nSPS) is 12.2. The number of nitrogens with one attached hydrogen (secondary N) is 1. The molecule has 0 radical (unpaired) electrons. The van der Waals surface area contributed by atoms with Gasteiger partial charge in [0.05, 0.1) is 19.1 Å². The smallest absolute Gasteiger partial charge is 0.307 e. The summed E-state index contributed by atoms with van der Waals surface area (Å²) in [7, 11) is 0. The van der Waals surface area contributed by atoms with E-state index in [4.69, 9.17) is 4.74 Å². The molecule has 0 aromatic rings. The van der Waals surface area contributed by atoms with Crippen LogP contribution in [0.2, 0.25) is 0 Å². The molecule has 0 aromatic heterocycles. The molecular weight excluding hydrogens is 194 g/mol. The van der Waals surface area contributed by atoms with Crippen LogP contribution in [0, 0.1) is 0 Å². The minimum Gasteiger partial charge on any atom is -0.466 e. The number of ketones is 1. The fourth-order valence-corrected chi connectivity index (χ4v) is 1.32. The second-order valence-corrected chi connectivity index (χ2v) is 3.46. The van der Waals surface area contributed by atoms with Crippen LogP contribution in [0.3, 0.4) is 0 Å². The lowest BCUT2D eigenvalue weighted by atomic mass is 10.1. The molecule has 4 nitrogen and oxygen atoms in total. The summed E-state index contributed by atoms with van der Waals surface area (Å²) < 4.78 is 4.78. The first-order chi connectivity index (χ1) is 7.11. The summed E-state index contributed by atoms with van der Waals surface area (Å²) in [6.45, 7) is 6.29. The van der Waals surface area contributed by atoms with E-state index in [1.54, 1.807) is 13.8 Å². The topological polar surface area (TPSA) is 55.4 Å². The fraction of sp³-hybridized carbons (Fsp3) is 0.818. The summed E-state index contributed by atoms with van der Waals surface area (Å²) in [4.78, 5) is 22.2. The third-order valence-corrected chi connectivity index (χ3v) is 2.09. The lowest BCUT2D eigenvalue weighted by molar-refractivity contribution is -0.143. The number of rotatable bonds is 8. The van der Waals surface area contributed by atoms with Gasteiger partial charge in [0.25, 0.3) is 0 Å².